The average Bonchev–Trinajstić information content (AvgIpc) is 2.03. The molecule has 0 saturated heterocycles. The van der Waals surface area contributed by atoms with Crippen LogP contribution in [-0.2, 0) is 0 Å². The van der Waals surface area contributed by atoms with Gasteiger partial charge in [0.2, 0.25) is 0 Å². The minimum Gasteiger partial charge on any atom is -0.494 e. The molecule has 0 heterocycles. The molecule has 72 valence electrons. The molecule has 0 radical (unpaired) electrons. The van der Waals surface area contributed by atoms with Gasteiger partial charge in [0.25, 0.3) is 0 Å². The number of hydrogen-bond donors (Lipinski definition) is 1. The number of ether oxygens (including phenoxy) is 1. The number of methoxy groups -OCH3 is 1. The highest BCUT2D eigenvalue weighted by Gasteiger charge is 2.12. The minimum absolute atomic E-state index is 0.00806. The second-order valence-corrected chi connectivity index (χ2v) is 2.80. The lowest BCUT2D eigenvalue weighted by Gasteiger charge is -2.09. The van der Waals surface area contributed by atoms with E-state index in [4.69, 9.17) is 10.5 Å². The first-order valence-corrected chi connectivity index (χ1v) is 3.84. The molecule has 0 saturated carbocycles. The lowest BCUT2D eigenvalue weighted by atomic mass is 10.1. The second-order valence-electron chi connectivity index (χ2n) is 2.80. The minimum atomic E-state index is -0.718. The average molecular weight is 187 g/mol. The molecule has 0 aliphatic carbocycles. The summed E-state index contributed by atoms with van der Waals surface area (Å²) in [6, 6.07) is 1.57. The molecule has 1 atom stereocenters. The van der Waals surface area contributed by atoms with Crippen LogP contribution in [0, 0.1) is 11.6 Å². The highest BCUT2D eigenvalue weighted by atomic mass is 19.1. The van der Waals surface area contributed by atoms with E-state index >= 15 is 0 Å². The lowest BCUT2D eigenvalue weighted by Crippen LogP contribution is -2.08. The Balaban J connectivity index is 3.22. The first-order valence-electron chi connectivity index (χ1n) is 3.84. The van der Waals surface area contributed by atoms with Crippen molar-refractivity contribution in [2.24, 2.45) is 5.73 Å². The molecule has 0 bridgehead atoms. The van der Waals surface area contributed by atoms with E-state index in [0.29, 0.717) is 0 Å². The standard InChI is InChI=1S/C9H11F2NO/c1-5(12)6-3-9(13-2)8(11)4-7(6)10/h3-5H,12H2,1-2H3. The Morgan fingerprint density at radius 2 is 1.92 bits per heavy atom. The van der Waals surface area contributed by atoms with Gasteiger partial charge in [-0.2, -0.15) is 0 Å². The largest absolute Gasteiger partial charge is 0.494 e. The predicted octanol–water partition coefficient (Wildman–Crippen LogP) is 1.99. The normalized spacial score (nSPS) is 12.7. The zero-order chi connectivity index (χ0) is 10.0. The summed E-state index contributed by atoms with van der Waals surface area (Å²) in [4.78, 5) is 0. The smallest absolute Gasteiger partial charge is 0.167 e. The van der Waals surface area contributed by atoms with Gasteiger partial charge in [0.15, 0.2) is 11.6 Å². The first kappa shape index (κ1) is 9.92. The molecule has 1 aromatic rings. The van der Waals surface area contributed by atoms with Crippen molar-refractivity contribution < 1.29 is 13.5 Å². The summed E-state index contributed by atoms with van der Waals surface area (Å²) >= 11 is 0. The molecule has 4 heteroatoms. The molecular formula is C9H11F2NO. The van der Waals surface area contributed by atoms with Crippen LogP contribution in [0.4, 0.5) is 8.78 Å². The molecule has 0 spiro atoms. The summed E-state index contributed by atoms with van der Waals surface area (Å²) in [5.74, 6) is -1.36. The zero-order valence-electron chi connectivity index (χ0n) is 7.47. The van der Waals surface area contributed by atoms with Gasteiger partial charge < -0.3 is 10.5 Å². The van der Waals surface area contributed by atoms with Gasteiger partial charge in [0.1, 0.15) is 5.82 Å². The number of nitrogens with two attached hydrogens (primary N) is 1. The molecule has 2 nitrogen and oxygen atoms in total. The Labute approximate surface area is 75.3 Å². The van der Waals surface area contributed by atoms with E-state index in [1.165, 1.54) is 13.2 Å². The molecule has 13 heavy (non-hydrogen) atoms. The quantitative estimate of drug-likeness (QED) is 0.768. The van der Waals surface area contributed by atoms with Crippen LogP contribution in [0.5, 0.6) is 5.75 Å². The third-order valence-electron chi connectivity index (χ3n) is 1.76. The summed E-state index contributed by atoms with van der Waals surface area (Å²) < 4.78 is 30.6. The number of hydrogen-bond acceptors (Lipinski definition) is 2. The van der Waals surface area contributed by atoms with Gasteiger partial charge in [-0.1, -0.05) is 0 Å². The molecule has 0 aliphatic rings. The maximum Gasteiger partial charge on any atom is 0.167 e. The fourth-order valence-electron chi connectivity index (χ4n) is 1.05. The number of rotatable bonds is 2. The Morgan fingerprint density at radius 1 is 1.31 bits per heavy atom. The Hall–Kier alpha value is -1.16. The van der Waals surface area contributed by atoms with E-state index in [-0.39, 0.29) is 11.3 Å². The second kappa shape index (κ2) is 3.70. The molecule has 0 aliphatic heterocycles. The van der Waals surface area contributed by atoms with Gasteiger partial charge in [0.05, 0.1) is 7.11 Å². The SMILES string of the molecule is COc1cc(C(C)N)c(F)cc1F. The van der Waals surface area contributed by atoms with Crippen molar-refractivity contribution >= 4 is 0 Å². The van der Waals surface area contributed by atoms with Gasteiger partial charge in [-0.25, -0.2) is 8.78 Å². The third-order valence-corrected chi connectivity index (χ3v) is 1.76. The summed E-state index contributed by atoms with van der Waals surface area (Å²) in [6.07, 6.45) is 0. The van der Waals surface area contributed by atoms with Crippen LogP contribution < -0.4 is 10.5 Å². The van der Waals surface area contributed by atoms with Crippen LogP contribution in [0.3, 0.4) is 0 Å². The van der Waals surface area contributed by atoms with E-state index in [2.05, 4.69) is 0 Å². The molecule has 1 unspecified atom stereocenters. The molecular weight excluding hydrogens is 176 g/mol. The molecule has 1 aromatic carbocycles. The van der Waals surface area contributed by atoms with Crippen LogP contribution in [-0.4, -0.2) is 7.11 Å². The maximum absolute atomic E-state index is 13.0. The van der Waals surface area contributed by atoms with Crippen LogP contribution in [0.15, 0.2) is 12.1 Å². The third kappa shape index (κ3) is 1.95. The van der Waals surface area contributed by atoms with Gasteiger partial charge in [0, 0.05) is 17.7 Å². The van der Waals surface area contributed by atoms with Crippen LogP contribution >= 0.6 is 0 Å². The first-order chi connectivity index (χ1) is 6.06. The van der Waals surface area contributed by atoms with Crippen molar-refractivity contribution in [1.82, 2.24) is 0 Å². The Bertz CT molecular complexity index is 313. The molecule has 0 aromatic heterocycles. The predicted molar refractivity (Wildman–Crippen MR) is 45.5 cm³/mol. The van der Waals surface area contributed by atoms with E-state index in [1.807, 2.05) is 0 Å². The van der Waals surface area contributed by atoms with Crippen molar-refractivity contribution in [3.63, 3.8) is 0 Å². The number of halogens is 2. The molecule has 2 N–H and O–H groups in total. The Kier molecular flexibility index (Phi) is 2.83. The highest BCUT2D eigenvalue weighted by molar-refractivity contribution is 5.33. The van der Waals surface area contributed by atoms with E-state index in [0.717, 1.165) is 6.07 Å². The van der Waals surface area contributed by atoms with Crippen molar-refractivity contribution in [1.29, 1.82) is 0 Å². The van der Waals surface area contributed by atoms with Gasteiger partial charge in [-0.3, -0.25) is 0 Å². The van der Waals surface area contributed by atoms with Gasteiger partial charge in [-0.05, 0) is 13.0 Å². The van der Waals surface area contributed by atoms with Crippen molar-refractivity contribution in [3.05, 3.63) is 29.3 Å². The van der Waals surface area contributed by atoms with Crippen LogP contribution in [0.2, 0.25) is 0 Å². The van der Waals surface area contributed by atoms with Crippen molar-refractivity contribution in [2.45, 2.75) is 13.0 Å². The zero-order valence-corrected chi connectivity index (χ0v) is 7.47. The monoisotopic (exact) mass is 187 g/mol. The topological polar surface area (TPSA) is 35.2 Å². The van der Waals surface area contributed by atoms with Crippen LogP contribution in [0.1, 0.15) is 18.5 Å². The van der Waals surface area contributed by atoms with Gasteiger partial charge >= 0.3 is 0 Å². The highest BCUT2D eigenvalue weighted by Crippen LogP contribution is 2.24. The summed E-state index contributed by atoms with van der Waals surface area (Å²) in [5, 5.41) is 0. The fourth-order valence-corrected chi connectivity index (χ4v) is 1.05. The number of benzene rings is 1. The lowest BCUT2D eigenvalue weighted by molar-refractivity contribution is 0.382. The molecule has 0 fully saturated rings. The van der Waals surface area contributed by atoms with Crippen LogP contribution in [0.25, 0.3) is 0 Å². The maximum atomic E-state index is 13.0. The Morgan fingerprint density at radius 3 is 2.38 bits per heavy atom. The fraction of sp³-hybridized carbons (Fsp3) is 0.333. The van der Waals surface area contributed by atoms with Crippen molar-refractivity contribution in [3.8, 4) is 5.75 Å². The molecule has 0 amide bonds. The summed E-state index contributed by atoms with van der Waals surface area (Å²) in [7, 11) is 1.32. The summed E-state index contributed by atoms with van der Waals surface area (Å²) in [6.45, 7) is 1.62. The van der Waals surface area contributed by atoms with E-state index < -0.39 is 17.7 Å². The van der Waals surface area contributed by atoms with Crippen molar-refractivity contribution in [2.75, 3.05) is 7.11 Å². The van der Waals surface area contributed by atoms with E-state index in [1.54, 1.807) is 6.92 Å². The van der Waals surface area contributed by atoms with Gasteiger partial charge in [-0.15, -0.1) is 0 Å². The summed E-state index contributed by atoms with van der Waals surface area (Å²) in [5.41, 5.74) is 5.72. The van der Waals surface area contributed by atoms with E-state index in [9.17, 15) is 8.78 Å². The molecule has 1 rings (SSSR count).